The minimum Gasteiger partial charge on any atom is -0.334 e. The molecule has 0 aliphatic carbocycles. The molecule has 0 bridgehead atoms. The van der Waals surface area contributed by atoms with Gasteiger partial charge in [0.15, 0.2) is 0 Å². The molecule has 0 spiro atoms. The first kappa shape index (κ1) is 16.8. The molecule has 24 heavy (non-hydrogen) atoms. The van der Waals surface area contributed by atoms with Gasteiger partial charge in [0, 0.05) is 19.1 Å². The first-order valence-corrected chi connectivity index (χ1v) is 8.04. The summed E-state index contributed by atoms with van der Waals surface area (Å²) in [6.07, 6.45) is -3.58. The highest BCUT2D eigenvalue weighted by atomic mass is 19.4. The number of alkyl halides is 3. The van der Waals surface area contributed by atoms with Crippen molar-refractivity contribution in [2.45, 2.75) is 51.0 Å². The summed E-state index contributed by atoms with van der Waals surface area (Å²) in [6, 6.07) is 6.64. The van der Waals surface area contributed by atoms with Crippen LogP contribution >= 0.6 is 0 Å². The third-order valence-corrected chi connectivity index (χ3v) is 4.83. The largest absolute Gasteiger partial charge is 0.471 e. The third-order valence-electron chi connectivity index (χ3n) is 4.83. The highest BCUT2D eigenvalue weighted by molar-refractivity contribution is 5.90. The molecule has 2 atom stereocenters. The molecule has 1 aromatic rings. The smallest absolute Gasteiger partial charge is 0.334 e. The van der Waals surface area contributed by atoms with Gasteiger partial charge < -0.3 is 9.80 Å². The van der Waals surface area contributed by atoms with E-state index >= 15 is 0 Å². The van der Waals surface area contributed by atoms with Gasteiger partial charge in [0.1, 0.15) is 6.04 Å². The van der Waals surface area contributed by atoms with Crippen molar-refractivity contribution in [2.24, 2.45) is 0 Å². The number of halogens is 3. The topological polar surface area (TPSA) is 40.6 Å². The minimum absolute atomic E-state index is 0.0203. The van der Waals surface area contributed by atoms with Crippen molar-refractivity contribution in [1.82, 2.24) is 9.80 Å². The summed E-state index contributed by atoms with van der Waals surface area (Å²) in [5.41, 5.74) is 2.17. The van der Waals surface area contributed by atoms with Gasteiger partial charge in [0.2, 0.25) is 5.91 Å². The number of fused-ring (bicyclic) bond motifs is 1. The number of amides is 2. The molecule has 1 fully saturated rings. The Bertz CT molecular complexity index is 659. The van der Waals surface area contributed by atoms with Crippen LogP contribution in [0.15, 0.2) is 24.3 Å². The molecule has 3 rings (SSSR count). The molecule has 1 saturated heterocycles. The zero-order chi connectivity index (χ0) is 17.5. The molecule has 7 heteroatoms. The molecule has 0 saturated carbocycles. The van der Waals surface area contributed by atoms with Crippen molar-refractivity contribution in [1.29, 1.82) is 0 Å². The average molecular weight is 340 g/mol. The lowest BCUT2D eigenvalue weighted by molar-refractivity contribution is -0.187. The second-order valence-corrected chi connectivity index (χ2v) is 6.44. The van der Waals surface area contributed by atoms with Gasteiger partial charge in [-0.05, 0) is 37.3 Å². The number of carbonyl (C=O) groups is 2. The van der Waals surface area contributed by atoms with Crippen LogP contribution in [0.25, 0.3) is 0 Å². The fourth-order valence-electron chi connectivity index (χ4n) is 3.59. The number of hydrogen-bond acceptors (Lipinski definition) is 2. The molecule has 0 N–H and O–H groups in total. The van der Waals surface area contributed by atoms with Crippen LogP contribution < -0.4 is 0 Å². The summed E-state index contributed by atoms with van der Waals surface area (Å²) in [5.74, 6) is -2.30. The first-order valence-electron chi connectivity index (χ1n) is 8.04. The van der Waals surface area contributed by atoms with Crippen LogP contribution in [-0.4, -0.2) is 46.4 Å². The van der Waals surface area contributed by atoms with Crippen molar-refractivity contribution in [2.75, 3.05) is 6.54 Å². The van der Waals surface area contributed by atoms with Crippen LogP contribution in [0, 0.1) is 0 Å². The van der Waals surface area contributed by atoms with E-state index in [1.165, 1.54) is 0 Å². The van der Waals surface area contributed by atoms with E-state index in [2.05, 4.69) is 0 Å². The van der Waals surface area contributed by atoms with Gasteiger partial charge in [0.25, 0.3) is 0 Å². The number of hydrogen-bond donors (Lipinski definition) is 0. The summed E-state index contributed by atoms with van der Waals surface area (Å²) >= 11 is 0. The quantitative estimate of drug-likeness (QED) is 0.788. The van der Waals surface area contributed by atoms with Crippen LogP contribution in [0.5, 0.6) is 0 Å². The Morgan fingerprint density at radius 1 is 1.12 bits per heavy atom. The maximum atomic E-state index is 12.8. The first-order chi connectivity index (χ1) is 11.3. The minimum atomic E-state index is -4.94. The Labute approximate surface area is 138 Å². The molecule has 2 unspecified atom stereocenters. The van der Waals surface area contributed by atoms with Crippen molar-refractivity contribution in [3.8, 4) is 0 Å². The summed E-state index contributed by atoms with van der Waals surface area (Å²) in [6.45, 7) is 2.24. The van der Waals surface area contributed by atoms with Crippen LogP contribution in [0.3, 0.4) is 0 Å². The molecule has 2 amide bonds. The second kappa shape index (κ2) is 6.11. The van der Waals surface area contributed by atoms with Crippen LogP contribution in [0.4, 0.5) is 13.2 Å². The van der Waals surface area contributed by atoms with Gasteiger partial charge in [-0.25, -0.2) is 0 Å². The van der Waals surface area contributed by atoms with Gasteiger partial charge in [0.05, 0.1) is 0 Å². The van der Waals surface area contributed by atoms with Gasteiger partial charge in [-0.1, -0.05) is 24.3 Å². The Morgan fingerprint density at radius 3 is 2.46 bits per heavy atom. The monoisotopic (exact) mass is 340 g/mol. The SMILES string of the molecule is CC1Cc2ccccc2CN1C(=O)C1CCCN1C(=O)C(F)(F)F. The van der Waals surface area contributed by atoms with E-state index in [0.717, 1.165) is 11.1 Å². The summed E-state index contributed by atoms with van der Waals surface area (Å²) in [5, 5.41) is 0. The predicted octanol–water partition coefficient (Wildman–Crippen LogP) is 2.51. The highest BCUT2D eigenvalue weighted by Gasteiger charge is 2.48. The molecule has 2 aliphatic heterocycles. The van der Waals surface area contributed by atoms with E-state index in [9.17, 15) is 22.8 Å². The molecule has 2 aliphatic rings. The second-order valence-electron chi connectivity index (χ2n) is 6.44. The molecule has 2 heterocycles. The Balaban J connectivity index is 1.80. The standard InChI is InChI=1S/C17H19F3N2O2/c1-11-9-12-5-2-3-6-13(12)10-22(11)15(23)14-7-4-8-21(14)16(24)17(18,19)20/h2-3,5-6,11,14H,4,7-10H2,1H3. The zero-order valence-electron chi connectivity index (χ0n) is 13.3. The number of nitrogens with zero attached hydrogens (tertiary/aromatic N) is 2. The van der Waals surface area contributed by atoms with Crippen LogP contribution in [0.1, 0.15) is 30.9 Å². The number of benzene rings is 1. The fourth-order valence-corrected chi connectivity index (χ4v) is 3.59. The molecular formula is C17H19F3N2O2. The lowest BCUT2D eigenvalue weighted by Gasteiger charge is -2.38. The lowest BCUT2D eigenvalue weighted by Crippen LogP contribution is -2.54. The van der Waals surface area contributed by atoms with Crippen LogP contribution in [-0.2, 0) is 22.6 Å². The normalized spacial score (nSPS) is 24.0. The fraction of sp³-hybridized carbons (Fsp3) is 0.529. The molecule has 4 nitrogen and oxygen atoms in total. The zero-order valence-corrected chi connectivity index (χ0v) is 13.3. The number of carbonyl (C=O) groups excluding carboxylic acids is 2. The van der Waals surface area contributed by atoms with E-state index in [1.807, 2.05) is 31.2 Å². The molecule has 0 radical (unpaired) electrons. The summed E-state index contributed by atoms with van der Waals surface area (Å²) in [4.78, 5) is 26.7. The maximum Gasteiger partial charge on any atom is 0.471 e. The number of rotatable bonds is 1. The molecule has 130 valence electrons. The number of likely N-dealkylation sites (tertiary alicyclic amines) is 1. The average Bonchev–Trinajstić information content (AvgIpc) is 3.01. The molecular weight excluding hydrogens is 321 g/mol. The van der Waals surface area contributed by atoms with Crippen molar-refractivity contribution in [3.05, 3.63) is 35.4 Å². The molecule has 0 aromatic heterocycles. The Kier molecular flexibility index (Phi) is 4.27. The van der Waals surface area contributed by atoms with Crippen molar-refractivity contribution < 1.29 is 22.8 Å². The Morgan fingerprint density at radius 2 is 1.79 bits per heavy atom. The van der Waals surface area contributed by atoms with Gasteiger partial charge >= 0.3 is 12.1 Å². The van der Waals surface area contributed by atoms with Crippen molar-refractivity contribution in [3.63, 3.8) is 0 Å². The van der Waals surface area contributed by atoms with E-state index < -0.39 is 18.1 Å². The lowest BCUT2D eigenvalue weighted by atomic mass is 9.94. The Hall–Kier alpha value is -2.05. The molecule has 1 aromatic carbocycles. The van der Waals surface area contributed by atoms with E-state index in [0.29, 0.717) is 24.3 Å². The third kappa shape index (κ3) is 2.99. The summed E-state index contributed by atoms with van der Waals surface area (Å²) < 4.78 is 38.2. The van der Waals surface area contributed by atoms with Gasteiger partial charge in [-0.2, -0.15) is 13.2 Å². The van der Waals surface area contributed by atoms with E-state index in [1.54, 1.807) is 4.90 Å². The predicted molar refractivity (Wildman–Crippen MR) is 80.9 cm³/mol. The maximum absolute atomic E-state index is 12.8. The van der Waals surface area contributed by atoms with Crippen LogP contribution in [0.2, 0.25) is 0 Å². The van der Waals surface area contributed by atoms with E-state index in [-0.39, 0.29) is 24.9 Å². The van der Waals surface area contributed by atoms with Gasteiger partial charge in [-0.3, -0.25) is 9.59 Å². The highest BCUT2D eigenvalue weighted by Crippen LogP contribution is 2.30. The van der Waals surface area contributed by atoms with E-state index in [4.69, 9.17) is 0 Å². The van der Waals surface area contributed by atoms with Gasteiger partial charge in [-0.15, -0.1) is 0 Å². The van der Waals surface area contributed by atoms with Crippen molar-refractivity contribution >= 4 is 11.8 Å². The summed E-state index contributed by atoms with van der Waals surface area (Å²) in [7, 11) is 0.